The van der Waals surface area contributed by atoms with E-state index in [0.717, 1.165) is 4.31 Å². The molecule has 2 amide bonds. The molecule has 1 saturated heterocycles. The first-order valence-corrected chi connectivity index (χ1v) is 9.44. The third-order valence-corrected chi connectivity index (χ3v) is 5.83. The fraction of sp³-hybridized carbons (Fsp3) is 0.500. The van der Waals surface area contributed by atoms with Crippen molar-refractivity contribution in [1.82, 2.24) is 14.5 Å². The number of nitrogens with one attached hydrogen (secondary N) is 1. The lowest BCUT2D eigenvalue weighted by atomic mass is 10.1. The summed E-state index contributed by atoms with van der Waals surface area (Å²) in [6, 6.07) is 5.39. The Hall–Kier alpha value is -2.13. The van der Waals surface area contributed by atoms with Crippen molar-refractivity contribution in [1.29, 1.82) is 0 Å². The normalized spacial score (nSPS) is 18.2. The van der Waals surface area contributed by atoms with E-state index in [1.807, 2.05) is 6.92 Å². The summed E-state index contributed by atoms with van der Waals surface area (Å²) >= 11 is 0. The molecule has 0 saturated carbocycles. The third kappa shape index (κ3) is 4.29. The molecule has 2 rings (SSSR count). The third-order valence-electron chi connectivity index (χ3n) is 4.00. The minimum absolute atomic E-state index is 0.148. The van der Waals surface area contributed by atoms with E-state index >= 15 is 0 Å². The van der Waals surface area contributed by atoms with Gasteiger partial charge in [0.1, 0.15) is 11.8 Å². The van der Waals surface area contributed by atoms with Gasteiger partial charge in [0, 0.05) is 27.2 Å². The minimum Gasteiger partial charge on any atom is -0.484 e. The van der Waals surface area contributed by atoms with Gasteiger partial charge in [-0.3, -0.25) is 9.59 Å². The van der Waals surface area contributed by atoms with Crippen LogP contribution in [0.3, 0.4) is 0 Å². The molecule has 138 valence electrons. The number of piperazine rings is 1. The van der Waals surface area contributed by atoms with E-state index in [1.54, 1.807) is 0 Å². The molecule has 1 N–H and O–H groups in total. The number of hydrogen-bond donors (Lipinski definition) is 1. The van der Waals surface area contributed by atoms with E-state index in [2.05, 4.69) is 5.32 Å². The van der Waals surface area contributed by atoms with E-state index in [9.17, 15) is 18.0 Å². The van der Waals surface area contributed by atoms with Crippen LogP contribution in [0.2, 0.25) is 0 Å². The fourth-order valence-corrected chi connectivity index (χ4v) is 3.47. The number of hydrogen-bond acceptors (Lipinski definition) is 5. The first-order valence-electron chi connectivity index (χ1n) is 8.00. The maximum atomic E-state index is 12.3. The lowest BCUT2D eigenvalue weighted by Crippen LogP contribution is -2.57. The molecule has 1 aromatic rings. The van der Waals surface area contributed by atoms with Crippen molar-refractivity contribution >= 4 is 21.8 Å². The van der Waals surface area contributed by atoms with Gasteiger partial charge in [0.2, 0.25) is 15.9 Å². The number of sulfonamides is 1. The average Bonchev–Trinajstić information content (AvgIpc) is 2.59. The van der Waals surface area contributed by atoms with E-state index in [1.165, 1.54) is 43.3 Å². The van der Waals surface area contributed by atoms with E-state index < -0.39 is 16.1 Å². The highest BCUT2D eigenvalue weighted by molar-refractivity contribution is 7.89. The Morgan fingerprint density at radius 3 is 2.52 bits per heavy atom. The molecule has 1 unspecified atom stereocenters. The lowest BCUT2D eigenvalue weighted by molar-refractivity contribution is -0.144. The molecule has 1 aliphatic rings. The van der Waals surface area contributed by atoms with Gasteiger partial charge in [-0.2, -0.15) is 0 Å². The number of benzene rings is 1. The van der Waals surface area contributed by atoms with Gasteiger partial charge < -0.3 is 15.0 Å². The summed E-state index contributed by atoms with van der Waals surface area (Å²) in [6.45, 7) is 2.52. The van der Waals surface area contributed by atoms with Gasteiger partial charge in [0.25, 0.3) is 5.91 Å². The molecule has 0 aromatic heterocycles. The molecule has 1 atom stereocenters. The second kappa shape index (κ2) is 7.83. The highest BCUT2D eigenvalue weighted by Gasteiger charge is 2.31. The highest BCUT2D eigenvalue weighted by atomic mass is 32.2. The number of amides is 2. The van der Waals surface area contributed by atoms with Crippen molar-refractivity contribution < 1.29 is 22.7 Å². The van der Waals surface area contributed by atoms with Crippen LogP contribution in [0, 0.1) is 0 Å². The predicted molar refractivity (Wildman–Crippen MR) is 91.6 cm³/mol. The second-order valence-electron chi connectivity index (χ2n) is 5.85. The van der Waals surface area contributed by atoms with Gasteiger partial charge in [0.15, 0.2) is 6.61 Å². The molecule has 25 heavy (non-hydrogen) atoms. The van der Waals surface area contributed by atoms with Crippen molar-refractivity contribution in [2.75, 3.05) is 33.8 Å². The lowest BCUT2D eigenvalue weighted by Gasteiger charge is -2.34. The molecular weight excluding hydrogens is 346 g/mol. The quantitative estimate of drug-likeness (QED) is 0.765. The Morgan fingerprint density at radius 2 is 1.96 bits per heavy atom. The van der Waals surface area contributed by atoms with Gasteiger partial charge in [0.05, 0.1) is 4.90 Å². The van der Waals surface area contributed by atoms with Crippen LogP contribution in [0.1, 0.15) is 13.3 Å². The van der Waals surface area contributed by atoms with Crippen LogP contribution in [0.5, 0.6) is 5.75 Å². The zero-order valence-corrected chi connectivity index (χ0v) is 15.4. The number of carbonyl (C=O) groups is 2. The van der Waals surface area contributed by atoms with Crippen LogP contribution < -0.4 is 10.1 Å². The van der Waals surface area contributed by atoms with Gasteiger partial charge in [-0.1, -0.05) is 6.92 Å². The number of nitrogens with zero attached hydrogens (tertiary/aromatic N) is 2. The molecule has 8 nitrogen and oxygen atoms in total. The molecule has 0 spiro atoms. The van der Waals surface area contributed by atoms with Crippen molar-refractivity contribution in [2.24, 2.45) is 0 Å². The highest BCUT2D eigenvalue weighted by Crippen LogP contribution is 2.18. The standard InChI is InChI=1S/C16H23N3O5S/c1-4-14-16(21)17-9-10-19(14)15(20)11-24-12-5-7-13(8-6-12)25(22,23)18(2)3/h5-8,14H,4,9-11H2,1-3H3,(H,17,21). The van der Waals surface area contributed by atoms with E-state index in [0.29, 0.717) is 25.3 Å². The van der Waals surface area contributed by atoms with Crippen LogP contribution in [-0.4, -0.2) is 69.3 Å². The SMILES string of the molecule is CCC1C(=O)NCCN1C(=O)COc1ccc(S(=O)(=O)N(C)C)cc1. The summed E-state index contributed by atoms with van der Waals surface area (Å²) < 4.78 is 30.6. The Labute approximate surface area is 147 Å². The van der Waals surface area contributed by atoms with Crippen molar-refractivity contribution in [3.05, 3.63) is 24.3 Å². The summed E-state index contributed by atoms with van der Waals surface area (Å²) in [7, 11) is -0.589. The smallest absolute Gasteiger partial charge is 0.261 e. The van der Waals surface area contributed by atoms with Gasteiger partial charge in [-0.25, -0.2) is 12.7 Å². The summed E-state index contributed by atoms with van der Waals surface area (Å²) in [5, 5.41) is 2.74. The summed E-state index contributed by atoms with van der Waals surface area (Å²) in [4.78, 5) is 25.8. The second-order valence-corrected chi connectivity index (χ2v) is 8.00. The minimum atomic E-state index is -3.50. The zero-order chi connectivity index (χ0) is 18.6. The molecular formula is C16H23N3O5S. The number of ether oxygens (including phenoxy) is 1. The van der Waals surface area contributed by atoms with E-state index in [4.69, 9.17) is 4.74 Å². The Bertz CT molecular complexity index is 731. The van der Waals surface area contributed by atoms with Crippen LogP contribution in [-0.2, 0) is 19.6 Å². The van der Waals surface area contributed by atoms with Gasteiger partial charge in [-0.15, -0.1) is 0 Å². The summed E-state index contributed by atoms with van der Waals surface area (Å²) in [6.07, 6.45) is 0.536. The van der Waals surface area contributed by atoms with Crippen molar-refractivity contribution in [3.8, 4) is 5.75 Å². The fourth-order valence-electron chi connectivity index (χ4n) is 2.57. The first kappa shape index (κ1) is 19.2. The molecule has 1 aliphatic heterocycles. The molecule has 0 aliphatic carbocycles. The van der Waals surface area contributed by atoms with Crippen molar-refractivity contribution in [2.45, 2.75) is 24.3 Å². The van der Waals surface area contributed by atoms with Gasteiger partial charge >= 0.3 is 0 Å². The van der Waals surface area contributed by atoms with Crippen LogP contribution in [0.25, 0.3) is 0 Å². The topological polar surface area (TPSA) is 96.0 Å². The van der Waals surface area contributed by atoms with Crippen LogP contribution in [0.4, 0.5) is 0 Å². The average molecular weight is 369 g/mol. The number of rotatable bonds is 6. The molecule has 9 heteroatoms. The monoisotopic (exact) mass is 369 g/mol. The van der Waals surface area contributed by atoms with E-state index in [-0.39, 0.29) is 23.3 Å². The van der Waals surface area contributed by atoms with Crippen molar-refractivity contribution in [3.63, 3.8) is 0 Å². The summed E-state index contributed by atoms with van der Waals surface area (Å²) in [5.74, 6) is -0.0346. The molecule has 0 bridgehead atoms. The maximum Gasteiger partial charge on any atom is 0.261 e. The van der Waals surface area contributed by atoms with Gasteiger partial charge in [-0.05, 0) is 30.7 Å². The van der Waals surface area contributed by atoms with Crippen LogP contribution >= 0.6 is 0 Å². The molecule has 0 radical (unpaired) electrons. The first-order chi connectivity index (χ1) is 11.8. The van der Waals surface area contributed by atoms with Crippen LogP contribution in [0.15, 0.2) is 29.2 Å². The summed E-state index contributed by atoms with van der Waals surface area (Å²) in [5.41, 5.74) is 0. The molecule has 1 heterocycles. The molecule has 1 aromatic carbocycles. The molecule has 1 fully saturated rings. The Morgan fingerprint density at radius 1 is 1.32 bits per heavy atom. The Kier molecular flexibility index (Phi) is 6.02. The largest absolute Gasteiger partial charge is 0.484 e. The maximum absolute atomic E-state index is 12.3. The predicted octanol–water partition coefficient (Wildman–Crippen LogP) is 0.0527. The Balaban J connectivity index is 1.99. The zero-order valence-electron chi connectivity index (χ0n) is 14.6. The number of carbonyl (C=O) groups excluding carboxylic acids is 2.